The highest BCUT2D eigenvalue weighted by atomic mass is 79.9. The number of nitrogens with zero attached hydrogens (tertiary/aromatic N) is 1. The molecular formula is C24H28BrNO4S2. The zero-order valence-electron chi connectivity index (χ0n) is 18.0. The van der Waals surface area contributed by atoms with Crippen LogP contribution in [0.1, 0.15) is 22.6 Å². The molecule has 0 amide bonds. The molecule has 3 aromatic rings. The summed E-state index contributed by atoms with van der Waals surface area (Å²) in [5.41, 5.74) is -1.74. The van der Waals surface area contributed by atoms with Crippen LogP contribution in [-0.2, 0) is 15.1 Å². The predicted molar refractivity (Wildman–Crippen MR) is 123 cm³/mol. The fourth-order valence-electron chi connectivity index (χ4n) is 4.11. The topological polar surface area (TPSA) is 55.8 Å². The van der Waals surface area contributed by atoms with E-state index in [2.05, 4.69) is 7.05 Å². The molecule has 1 saturated heterocycles. The van der Waals surface area contributed by atoms with Crippen LogP contribution in [0.4, 0.5) is 0 Å². The lowest BCUT2D eigenvalue weighted by molar-refractivity contribution is -0.899. The van der Waals surface area contributed by atoms with Gasteiger partial charge in [0, 0.05) is 12.8 Å². The van der Waals surface area contributed by atoms with E-state index >= 15 is 0 Å². The number of rotatable bonds is 9. The van der Waals surface area contributed by atoms with E-state index in [0.29, 0.717) is 16.4 Å². The molecular weight excluding hydrogens is 510 g/mol. The molecule has 1 aliphatic heterocycles. The highest BCUT2D eigenvalue weighted by molar-refractivity contribution is 7.12. The fourth-order valence-corrected chi connectivity index (χ4v) is 5.82. The first-order chi connectivity index (χ1) is 15.0. The molecule has 0 radical (unpaired) electrons. The smallest absolute Gasteiger partial charge is 0.349 e. The van der Waals surface area contributed by atoms with Gasteiger partial charge in [0.25, 0.3) is 0 Å². The highest BCUT2D eigenvalue weighted by Crippen LogP contribution is 2.37. The third-order valence-electron chi connectivity index (χ3n) is 5.81. The number of thiophene rings is 2. The van der Waals surface area contributed by atoms with Crippen molar-refractivity contribution in [2.45, 2.75) is 24.5 Å². The van der Waals surface area contributed by atoms with Gasteiger partial charge in [0.2, 0.25) is 5.60 Å². The van der Waals surface area contributed by atoms with E-state index in [1.165, 1.54) is 22.7 Å². The molecule has 8 heteroatoms. The van der Waals surface area contributed by atoms with Gasteiger partial charge in [-0.15, -0.1) is 22.7 Å². The lowest BCUT2D eigenvalue weighted by Crippen LogP contribution is -3.00. The van der Waals surface area contributed by atoms with Gasteiger partial charge in [-0.2, -0.15) is 0 Å². The Kier molecular flexibility index (Phi) is 8.52. The molecule has 2 aromatic heterocycles. The molecule has 3 heterocycles. The Bertz CT molecular complexity index is 931. The molecule has 1 aliphatic rings. The summed E-state index contributed by atoms with van der Waals surface area (Å²) < 4.78 is 12.5. The van der Waals surface area contributed by atoms with Gasteiger partial charge in [-0.05, 0) is 35.0 Å². The van der Waals surface area contributed by atoms with Gasteiger partial charge in [-0.3, -0.25) is 0 Å². The monoisotopic (exact) mass is 537 g/mol. The maximum atomic E-state index is 13.2. The van der Waals surface area contributed by atoms with Crippen LogP contribution >= 0.6 is 22.7 Å². The Labute approximate surface area is 207 Å². The molecule has 0 aliphatic carbocycles. The number of quaternary nitrogens is 1. The van der Waals surface area contributed by atoms with E-state index in [1.54, 1.807) is 12.1 Å². The number of para-hydroxylation sites is 1. The van der Waals surface area contributed by atoms with Gasteiger partial charge in [0.05, 0.1) is 36.5 Å². The molecule has 172 valence electrons. The Morgan fingerprint density at radius 3 is 2.34 bits per heavy atom. The highest BCUT2D eigenvalue weighted by Gasteiger charge is 2.46. The Morgan fingerprint density at radius 2 is 1.75 bits per heavy atom. The number of ether oxygens (including phenoxy) is 2. The first kappa shape index (κ1) is 24.9. The SMILES string of the molecule is C[N+]1(CCCOc2ccccc2)CC[C@H](OC(=O)C(O)(c2cccs2)c2cccs2)C1.[Br-]. The second kappa shape index (κ2) is 10.9. The van der Waals surface area contributed by atoms with Crippen molar-refractivity contribution < 1.29 is 40.8 Å². The predicted octanol–water partition coefficient (Wildman–Crippen LogP) is 1.28. The maximum Gasteiger partial charge on any atom is 0.349 e. The summed E-state index contributed by atoms with van der Waals surface area (Å²) in [6.45, 7) is 3.32. The Hall–Kier alpha value is -1.71. The van der Waals surface area contributed by atoms with Crippen molar-refractivity contribution in [1.29, 1.82) is 0 Å². The van der Waals surface area contributed by atoms with Gasteiger partial charge >= 0.3 is 5.97 Å². The minimum Gasteiger partial charge on any atom is -1.00 e. The summed E-state index contributed by atoms with van der Waals surface area (Å²) in [7, 11) is 2.20. The van der Waals surface area contributed by atoms with Crippen LogP contribution in [0.5, 0.6) is 5.75 Å². The van der Waals surface area contributed by atoms with Crippen molar-refractivity contribution in [3.8, 4) is 5.75 Å². The molecule has 1 unspecified atom stereocenters. The van der Waals surface area contributed by atoms with Crippen LogP contribution in [0, 0.1) is 0 Å². The van der Waals surface area contributed by atoms with E-state index in [4.69, 9.17) is 9.47 Å². The van der Waals surface area contributed by atoms with Crippen LogP contribution < -0.4 is 21.7 Å². The molecule has 0 saturated carbocycles. The molecule has 1 aromatic carbocycles. The third-order valence-corrected chi connectivity index (χ3v) is 7.77. The molecule has 2 atom stereocenters. The van der Waals surface area contributed by atoms with Crippen molar-refractivity contribution in [2.24, 2.45) is 0 Å². The van der Waals surface area contributed by atoms with Gasteiger partial charge in [0.1, 0.15) is 12.3 Å². The van der Waals surface area contributed by atoms with Crippen molar-refractivity contribution >= 4 is 28.6 Å². The second-order valence-electron chi connectivity index (χ2n) is 8.25. The van der Waals surface area contributed by atoms with Crippen LogP contribution in [0.2, 0.25) is 0 Å². The van der Waals surface area contributed by atoms with E-state index in [1.807, 2.05) is 53.2 Å². The van der Waals surface area contributed by atoms with E-state index in [-0.39, 0.29) is 23.1 Å². The number of aliphatic hydroxyl groups is 1. The molecule has 0 spiro atoms. The maximum absolute atomic E-state index is 13.2. The van der Waals surface area contributed by atoms with Gasteiger partial charge < -0.3 is 36.0 Å². The van der Waals surface area contributed by atoms with Gasteiger partial charge in [-0.1, -0.05) is 30.3 Å². The summed E-state index contributed by atoms with van der Waals surface area (Å²) in [4.78, 5) is 14.3. The standard InChI is InChI=1S/C24H28NO4S2.BrH/c1-25(13-7-15-28-19-8-3-2-4-9-19)14-12-20(18-25)29-23(26)24(27,21-10-5-16-30-21)22-11-6-17-31-22;/h2-6,8-11,16-17,20,27H,7,12-15,18H2,1H3;1H/q+1;/p-1/t20-,25?;/m0./s1. The minimum atomic E-state index is -1.74. The van der Waals surface area contributed by atoms with Crippen molar-refractivity contribution in [3.05, 3.63) is 75.1 Å². The fraction of sp³-hybridized carbons (Fsp3) is 0.375. The summed E-state index contributed by atoms with van der Waals surface area (Å²) in [5.74, 6) is 0.308. The van der Waals surface area contributed by atoms with Crippen molar-refractivity contribution in [3.63, 3.8) is 0 Å². The number of likely N-dealkylation sites (tertiary alicyclic amines) is 1. The largest absolute Gasteiger partial charge is 1.00 e. The van der Waals surface area contributed by atoms with Gasteiger partial charge in [0.15, 0.2) is 6.10 Å². The number of halogens is 1. The average Bonchev–Trinajstić information content (AvgIpc) is 3.54. The van der Waals surface area contributed by atoms with Crippen LogP contribution in [0.15, 0.2) is 65.4 Å². The molecule has 0 bridgehead atoms. The Morgan fingerprint density at radius 1 is 1.09 bits per heavy atom. The van der Waals surface area contributed by atoms with Gasteiger partial charge in [-0.25, -0.2) is 4.79 Å². The number of likely N-dealkylation sites (N-methyl/N-ethyl adjacent to an activating group) is 1. The van der Waals surface area contributed by atoms with E-state index in [9.17, 15) is 9.90 Å². The quantitative estimate of drug-likeness (QED) is 0.254. The first-order valence-corrected chi connectivity index (χ1v) is 12.3. The van der Waals surface area contributed by atoms with E-state index in [0.717, 1.165) is 42.7 Å². The number of carbonyl (C=O) groups excluding carboxylic acids is 1. The van der Waals surface area contributed by atoms with Crippen LogP contribution in [-0.4, -0.2) is 55.0 Å². The Balaban J connectivity index is 0.00000289. The minimum absolute atomic E-state index is 0. The number of carbonyl (C=O) groups is 1. The average molecular weight is 539 g/mol. The number of esters is 1. The summed E-state index contributed by atoms with van der Waals surface area (Å²) >= 11 is 2.73. The molecule has 1 fully saturated rings. The normalized spacial score (nSPS) is 20.5. The number of benzene rings is 1. The molecule has 5 nitrogen and oxygen atoms in total. The number of hydrogen-bond donors (Lipinski definition) is 1. The third kappa shape index (κ3) is 5.61. The van der Waals surface area contributed by atoms with Crippen LogP contribution in [0.3, 0.4) is 0 Å². The lowest BCUT2D eigenvalue weighted by atomic mass is 10.00. The number of hydrogen-bond acceptors (Lipinski definition) is 6. The van der Waals surface area contributed by atoms with Crippen LogP contribution in [0.25, 0.3) is 0 Å². The first-order valence-electron chi connectivity index (χ1n) is 10.5. The molecule has 32 heavy (non-hydrogen) atoms. The molecule has 1 N–H and O–H groups in total. The molecule has 4 rings (SSSR count). The summed E-state index contributed by atoms with van der Waals surface area (Å²) in [6, 6.07) is 17.1. The summed E-state index contributed by atoms with van der Waals surface area (Å²) in [5, 5.41) is 15.1. The zero-order valence-corrected chi connectivity index (χ0v) is 21.2. The zero-order chi connectivity index (χ0) is 21.7. The lowest BCUT2D eigenvalue weighted by Gasteiger charge is -2.30. The van der Waals surface area contributed by atoms with Crippen molar-refractivity contribution in [1.82, 2.24) is 0 Å². The summed E-state index contributed by atoms with van der Waals surface area (Å²) in [6.07, 6.45) is 1.53. The van der Waals surface area contributed by atoms with E-state index < -0.39 is 11.6 Å². The second-order valence-corrected chi connectivity index (χ2v) is 10.1. The van der Waals surface area contributed by atoms with Crippen molar-refractivity contribution in [2.75, 3.05) is 33.3 Å².